The molecule has 1 aliphatic rings. The zero-order valence-electron chi connectivity index (χ0n) is 9.33. The van der Waals surface area contributed by atoms with Gasteiger partial charge >= 0.3 is 0 Å². The van der Waals surface area contributed by atoms with Crippen LogP contribution in [0.15, 0.2) is 18.2 Å². The molecule has 1 saturated carbocycles. The highest BCUT2D eigenvalue weighted by Crippen LogP contribution is 2.33. The van der Waals surface area contributed by atoms with Crippen LogP contribution in [0.25, 0.3) is 0 Å². The van der Waals surface area contributed by atoms with E-state index in [-0.39, 0.29) is 11.7 Å². The Kier molecular flexibility index (Phi) is 2.81. The summed E-state index contributed by atoms with van der Waals surface area (Å²) in [5.74, 6) is -0.422. The van der Waals surface area contributed by atoms with Crippen LogP contribution in [0.5, 0.6) is 0 Å². The molecular weight excluding hydrogens is 205 g/mol. The van der Waals surface area contributed by atoms with E-state index in [2.05, 4.69) is 11.8 Å². The molecule has 1 aromatic rings. The highest BCUT2D eigenvalue weighted by Gasteiger charge is 2.29. The fourth-order valence-corrected chi connectivity index (χ4v) is 1.99. The maximum Gasteiger partial charge on any atom is 0.125 e. The smallest absolute Gasteiger partial charge is 0.125 e. The molecule has 0 saturated heterocycles. The third-order valence-electron chi connectivity index (χ3n) is 2.89. The lowest BCUT2D eigenvalue weighted by atomic mass is 10.1. The third kappa shape index (κ3) is 2.01. The number of hydrogen-bond donors (Lipinski definition) is 2. The van der Waals surface area contributed by atoms with Gasteiger partial charge in [-0.15, -0.1) is 0 Å². The summed E-state index contributed by atoms with van der Waals surface area (Å²) in [5, 5.41) is 7.49. The predicted octanol–water partition coefficient (Wildman–Crippen LogP) is 2.10. The molecule has 4 heteroatoms. The van der Waals surface area contributed by atoms with Crippen molar-refractivity contribution in [2.45, 2.75) is 25.8 Å². The van der Waals surface area contributed by atoms with Crippen molar-refractivity contribution in [2.75, 3.05) is 11.4 Å². The molecule has 2 rings (SSSR count). The lowest BCUT2D eigenvalue weighted by Gasteiger charge is -2.25. The zero-order valence-corrected chi connectivity index (χ0v) is 9.33. The number of anilines is 1. The lowest BCUT2D eigenvalue weighted by molar-refractivity contribution is 0.627. The second-order valence-electron chi connectivity index (χ2n) is 4.09. The number of amidine groups is 1. The Balaban J connectivity index is 2.41. The summed E-state index contributed by atoms with van der Waals surface area (Å²) >= 11 is 0. The van der Waals surface area contributed by atoms with Gasteiger partial charge in [0.05, 0.1) is 0 Å². The number of nitrogens with zero attached hydrogens (tertiary/aromatic N) is 1. The number of nitrogens with one attached hydrogen (secondary N) is 1. The van der Waals surface area contributed by atoms with E-state index in [9.17, 15) is 4.39 Å². The van der Waals surface area contributed by atoms with Gasteiger partial charge in [-0.3, -0.25) is 5.41 Å². The normalized spacial score (nSPS) is 14.9. The SMILES string of the molecule is CCN(c1ccc(F)cc1C(=N)N)C1CC1. The molecule has 0 heterocycles. The molecule has 3 nitrogen and oxygen atoms in total. The second kappa shape index (κ2) is 4.12. The standard InChI is InChI=1S/C12H16FN3/c1-2-16(9-4-5-9)11-6-3-8(13)7-10(11)12(14)15/h3,6-7,9H,2,4-5H2,1H3,(H3,14,15). The minimum atomic E-state index is -0.346. The highest BCUT2D eigenvalue weighted by molar-refractivity contribution is 6.00. The van der Waals surface area contributed by atoms with Gasteiger partial charge in [0.25, 0.3) is 0 Å². The molecule has 0 radical (unpaired) electrons. The van der Waals surface area contributed by atoms with Gasteiger partial charge in [0, 0.05) is 23.8 Å². The molecule has 0 atom stereocenters. The molecule has 1 aliphatic carbocycles. The van der Waals surface area contributed by atoms with Gasteiger partial charge < -0.3 is 10.6 Å². The molecule has 3 N–H and O–H groups in total. The van der Waals surface area contributed by atoms with E-state index in [1.165, 1.54) is 25.0 Å². The monoisotopic (exact) mass is 221 g/mol. The summed E-state index contributed by atoms with van der Waals surface area (Å²) in [6.45, 7) is 2.92. The molecule has 16 heavy (non-hydrogen) atoms. The molecule has 86 valence electrons. The van der Waals surface area contributed by atoms with Gasteiger partial charge in [-0.25, -0.2) is 4.39 Å². The average Bonchev–Trinajstić information content (AvgIpc) is 3.05. The maximum absolute atomic E-state index is 13.1. The Morgan fingerprint density at radius 2 is 2.25 bits per heavy atom. The van der Waals surface area contributed by atoms with Gasteiger partial charge in [0.15, 0.2) is 0 Å². The van der Waals surface area contributed by atoms with Crippen molar-refractivity contribution in [3.63, 3.8) is 0 Å². The van der Waals surface area contributed by atoms with Crippen molar-refractivity contribution in [3.05, 3.63) is 29.6 Å². The molecule has 0 aromatic heterocycles. The summed E-state index contributed by atoms with van der Waals surface area (Å²) in [7, 11) is 0. The number of nitrogens with two attached hydrogens (primary N) is 1. The van der Waals surface area contributed by atoms with E-state index in [1.54, 1.807) is 6.07 Å². The maximum atomic E-state index is 13.1. The van der Waals surface area contributed by atoms with Crippen LogP contribution in [-0.2, 0) is 0 Å². The number of hydrogen-bond acceptors (Lipinski definition) is 2. The van der Waals surface area contributed by atoms with Crippen LogP contribution in [-0.4, -0.2) is 18.4 Å². The third-order valence-corrected chi connectivity index (χ3v) is 2.89. The summed E-state index contributed by atoms with van der Waals surface area (Å²) < 4.78 is 13.1. The Labute approximate surface area is 94.6 Å². The van der Waals surface area contributed by atoms with Gasteiger partial charge in [-0.05, 0) is 38.0 Å². The van der Waals surface area contributed by atoms with Gasteiger partial charge in [-0.1, -0.05) is 0 Å². The van der Waals surface area contributed by atoms with E-state index in [1.807, 2.05) is 0 Å². The zero-order chi connectivity index (χ0) is 11.7. The topological polar surface area (TPSA) is 53.1 Å². The molecule has 1 fully saturated rings. The first-order valence-corrected chi connectivity index (χ1v) is 5.54. The van der Waals surface area contributed by atoms with Crippen molar-refractivity contribution in [1.82, 2.24) is 0 Å². The predicted molar refractivity (Wildman–Crippen MR) is 63.5 cm³/mol. The molecule has 0 bridgehead atoms. The summed E-state index contributed by atoms with van der Waals surface area (Å²) in [6, 6.07) is 5.01. The van der Waals surface area contributed by atoms with Crippen LogP contribution in [0.3, 0.4) is 0 Å². The van der Waals surface area contributed by atoms with E-state index < -0.39 is 0 Å². The number of rotatable bonds is 4. The summed E-state index contributed by atoms with van der Waals surface area (Å²) in [5.41, 5.74) is 6.85. The van der Waals surface area contributed by atoms with Crippen LogP contribution in [0, 0.1) is 11.2 Å². The van der Waals surface area contributed by atoms with Crippen molar-refractivity contribution in [1.29, 1.82) is 5.41 Å². The Morgan fingerprint density at radius 1 is 1.56 bits per heavy atom. The van der Waals surface area contributed by atoms with Crippen molar-refractivity contribution < 1.29 is 4.39 Å². The van der Waals surface area contributed by atoms with Gasteiger partial charge in [0.1, 0.15) is 11.7 Å². The highest BCUT2D eigenvalue weighted by atomic mass is 19.1. The van der Waals surface area contributed by atoms with Gasteiger partial charge in [0.2, 0.25) is 0 Å². The van der Waals surface area contributed by atoms with Crippen LogP contribution >= 0.6 is 0 Å². The minimum absolute atomic E-state index is 0.0754. The fraction of sp³-hybridized carbons (Fsp3) is 0.417. The first-order chi connectivity index (χ1) is 7.63. The Morgan fingerprint density at radius 3 is 2.75 bits per heavy atom. The fourth-order valence-electron chi connectivity index (χ4n) is 1.99. The van der Waals surface area contributed by atoms with Crippen molar-refractivity contribution >= 4 is 11.5 Å². The average molecular weight is 221 g/mol. The second-order valence-corrected chi connectivity index (χ2v) is 4.09. The Bertz CT molecular complexity index is 413. The largest absolute Gasteiger partial charge is 0.384 e. The van der Waals surface area contributed by atoms with Crippen LogP contribution < -0.4 is 10.6 Å². The Hall–Kier alpha value is -1.58. The molecular formula is C12H16FN3. The number of halogens is 1. The van der Waals surface area contributed by atoms with Crippen LogP contribution in [0.4, 0.5) is 10.1 Å². The number of benzene rings is 1. The van der Waals surface area contributed by atoms with E-state index in [4.69, 9.17) is 11.1 Å². The van der Waals surface area contributed by atoms with E-state index in [0.717, 1.165) is 12.2 Å². The summed E-state index contributed by atoms with van der Waals surface area (Å²) in [4.78, 5) is 2.19. The molecule has 1 aromatic carbocycles. The molecule has 0 aliphatic heterocycles. The van der Waals surface area contributed by atoms with Crippen LogP contribution in [0.2, 0.25) is 0 Å². The first-order valence-electron chi connectivity index (χ1n) is 5.54. The lowest BCUT2D eigenvalue weighted by Crippen LogP contribution is -2.28. The van der Waals surface area contributed by atoms with E-state index in [0.29, 0.717) is 11.6 Å². The summed E-state index contributed by atoms with van der Waals surface area (Å²) in [6.07, 6.45) is 2.34. The van der Waals surface area contributed by atoms with Crippen molar-refractivity contribution in [3.8, 4) is 0 Å². The minimum Gasteiger partial charge on any atom is -0.384 e. The first kappa shape index (κ1) is 10.9. The molecule has 0 amide bonds. The van der Waals surface area contributed by atoms with Gasteiger partial charge in [-0.2, -0.15) is 0 Å². The molecule has 0 spiro atoms. The molecule has 0 unspecified atom stereocenters. The van der Waals surface area contributed by atoms with Crippen LogP contribution in [0.1, 0.15) is 25.3 Å². The van der Waals surface area contributed by atoms with Crippen molar-refractivity contribution in [2.24, 2.45) is 5.73 Å². The number of nitrogen functional groups attached to an aromatic ring is 1. The quantitative estimate of drug-likeness (QED) is 0.604. The van der Waals surface area contributed by atoms with E-state index >= 15 is 0 Å².